The molecule has 19 heavy (non-hydrogen) atoms. The van der Waals surface area contributed by atoms with Gasteiger partial charge in [0.25, 0.3) is 0 Å². The summed E-state index contributed by atoms with van der Waals surface area (Å²) in [5.41, 5.74) is 1.17. The fraction of sp³-hybridized carbons (Fsp3) is 0.471. The van der Waals surface area contributed by atoms with E-state index in [1.165, 1.54) is 5.56 Å². The minimum absolute atomic E-state index is 0.0965. The Morgan fingerprint density at radius 2 is 1.89 bits per heavy atom. The SMILES string of the molecule is CC(C)(C)[C@@H](C#CCCc1ccccc1)CC(=O)O. The van der Waals surface area contributed by atoms with Gasteiger partial charge in [-0.15, -0.1) is 5.92 Å². The number of hydrogen-bond acceptors (Lipinski definition) is 1. The van der Waals surface area contributed by atoms with Crippen molar-refractivity contribution in [1.82, 2.24) is 0 Å². The van der Waals surface area contributed by atoms with Gasteiger partial charge in [-0.25, -0.2) is 0 Å². The standard InChI is InChI=1S/C17H22O2/c1-17(2,3)15(13-16(18)19)12-8-7-11-14-9-5-4-6-10-14/h4-6,9-10,15H,7,11,13H2,1-3H3,(H,18,19)/t15-/m0/s1. The minimum atomic E-state index is -0.780. The third-order valence-corrected chi connectivity index (χ3v) is 3.08. The Kier molecular flexibility index (Phi) is 5.63. The van der Waals surface area contributed by atoms with Gasteiger partial charge in [0.05, 0.1) is 6.42 Å². The summed E-state index contributed by atoms with van der Waals surface area (Å²) in [5, 5.41) is 8.91. The highest BCUT2D eigenvalue weighted by Crippen LogP contribution is 2.28. The van der Waals surface area contributed by atoms with Crippen molar-refractivity contribution < 1.29 is 9.90 Å². The monoisotopic (exact) mass is 258 g/mol. The van der Waals surface area contributed by atoms with Crippen molar-refractivity contribution in [1.29, 1.82) is 0 Å². The van der Waals surface area contributed by atoms with E-state index < -0.39 is 5.97 Å². The summed E-state index contributed by atoms with van der Waals surface area (Å²) < 4.78 is 0. The molecule has 0 aliphatic heterocycles. The first-order valence-electron chi connectivity index (χ1n) is 6.63. The number of carbonyl (C=O) groups is 1. The van der Waals surface area contributed by atoms with E-state index in [2.05, 4.69) is 24.0 Å². The Labute approximate surface area is 115 Å². The molecule has 2 heteroatoms. The van der Waals surface area contributed by atoms with Crippen molar-refractivity contribution in [2.45, 2.75) is 40.0 Å². The van der Waals surface area contributed by atoms with Gasteiger partial charge in [-0.3, -0.25) is 4.79 Å². The summed E-state index contributed by atoms with van der Waals surface area (Å²) in [4.78, 5) is 10.8. The van der Waals surface area contributed by atoms with Crippen LogP contribution in [0.5, 0.6) is 0 Å². The molecule has 1 atom stereocenters. The predicted octanol–water partition coefficient (Wildman–Crippen LogP) is 3.76. The lowest BCUT2D eigenvalue weighted by molar-refractivity contribution is -0.138. The van der Waals surface area contributed by atoms with E-state index in [0.29, 0.717) is 0 Å². The Morgan fingerprint density at radius 3 is 2.42 bits per heavy atom. The summed E-state index contributed by atoms with van der Waals surface area (Å²) in [6.07, 6.45) is 1.80. The first kappa shape index (κ1) is 15.3. The zero-order chi connectivity index (χ0) is 14.3. The molecule has 1 aromatic rings. The number of aryl methyl sites for hydroxylation is 1. The molecule has 0 spiro atoms. The summed E-state index contributed by atoms with van der Waals surface area (Å²) in [5.74, 6) is 5.39. The van der Waals surface area contributed by atoms with Crippen LogP contribution in [-0.2, 0) is 11.2 Å². The fourth-order valence-corrected chi connectivity index (χ4v) is 1.80. The van der Waals surface area contributed by atoms with Crippen LogP contribution in [0.25, 0.3) is 0 Å². The number of hydrogen-bond donors (Lipinski definition) is 1. The van der Waals surface area contributed by atoms with Gasteiger partial charge in [0.15, 0.2) is 0 Å². The van der Waals surface area contributed by atoms with Crippen LogP contribution < -0.4 is 0 Å². The minimum Gasteiger partial charge on any atom is -0.481 e. The van der Waals surface area contributed by atoms with Crippen LogP contribution in [0.1, 0.15) is 39.2 Å². The first-order chi connectivity index (χ1) is 8.89. The fourth-order valence-electron chi connectivity index (χ4n) is 1.80. The van der Waals surface area contributed by atoms with Crippen LogP contribution in [0.15, 0.2) is 30.3 Å². The Balaban J connectivity index is 2.56. The van der Waals surface area contributed by atoms with Crippen molar-refractivity contribution in [2.24, 2.45) is 11.3 Å². The van der Waals surface area contributed by atoms with Crippen LogP contribution in [0, 0.1) is 23.2 Å². The molecule has 0 amide bonds. The van der Waals surface area contributed by atoms with Crippen LogP contribution in [-0.4, -0.2) is 11.1 Å². The second kappa shape index (κ2) is 6.99. The van der Waals surface area contributed by atoms with E-state index in [0.717, 1.165) is 12.8 Å². The molecule has 1 aromatic carbocycles. The average Bonchev–Trinajstić information content (AvgIpc) is 2.32. The predicted molar refractivity (Wildman–Crippen MR) is 77.7 cm³/mol. The summed E-state index contributed by atoms with van der Waals surface area (Å²) in [6.45, 7) is 6.10. The zero-order valence-electron chi connectivity index (χ0n) is 11.9. The highest BCUT2D eigenvalue weighted by Gasteiger charge is 2.24. The molecule has 1 rings (SSSR count). The molecule has 0 aromatic heterocycles. The third kappa shape index (κ3) is 6.10. The smallest absolute Gasteiger partial charge is 0.304 e. The lowest BCUT2D eigenvalue weighted by Crippen LogP contribution is -2.21. The maximum Gasteiger partial charge on any atom is 0.304 e. The third-order valence-electron chi connectivity index (χ3n) is 3.08. The molecule has 1 N–H and O–H groups in total. The number of carboxylic acids is 1. The lowest BCUT2D eigenvalue weighted by Gasteiger charge is -2.24. The molecule has 0 fully saturated rings. The topological polar surface area (TPSA) is 37.3 Å². The number of benzene rings is 1. The first-order valence-corrected chi connectivity index (χ1v) is 6.63. The van der Waals surface area contributed by atoms with Crippen LogP contribution in [0.4, 0.5) is 0 Å². The van der Waals surface area contributed by atoms with E-state index >= 15 is 0 Å². The maximum absolute atomic E-state index is 10.8. The number of aliphatic carboxylic acids is 1. The molecule has 0 saturated carbocycles. The molecule has 0 bridgehead atoms. The quantitative estimate of drug-likeness (QED) is 0.835. The molecule has 102 valence electrons. The molecule has 0 radical (unpaired) electrons. The highest BCUT2D eigenvalue weighted by atomic mass is 16.4. The van der Waals surface area contributed by atoms with Crippen molar-refractivity contribution in [2.75, 3.05) is 0 Å². The Hall–Kier alpha value is -1.75. The van der Waals surface area contributed by atoms with Gasteiger partial charge in [-0.05, 0) is 17.4 Å². The van der Waals surface area contributed by atoms with Gasteiger partial charge in [0, 0.05) is 12.3 Å². The van der Waals surface area contributed by atoms with Gasteiger partial charge in [0.2, 0.25) is 0 Å². The van der Waals surface area contributed by atoms with E-state index in [1.54, 1.807) is 0 Å². The van der Waals surface area contributed by atoms with Crippen LogP contribution in [0.2, 0.25) is 0 Å². The largest absolute Gasteiger partial charge is 0.481 e. The molecule has 0 saturated heterocycles. The van der Waals surface area contributed by atoms with Gasteiger partial charge >= 0.3 is 5.97 Å². The van der Waals surface area contributed by atoms with Gasteiger partial charge in [-0.2, -0.15) is 0 Å². The van der Waals surface area contributed by atoms with E-state index in [1.807, 2.05) is 39.0 Å². The highest BCUT2D eigenvalue weighted by molar-refractivity contribution is 5.67. The van der Waals surface area contributed by atoms with Gasteiger partial charge in [0.1, 0.15) is 0 Å². The number of rotatable bonds is 4. The lowest BCUT2D eigenvalue weighted by atomic mass is 9.79. The summed E-state index contributed by atoms with van der Waals surface area (Å²) >= 11 is 0. The molecule has 0 unspecified atom stereocenters. The Morgan fingerprint density at radius 1 is 1.26 bits per heavy atom. The summed E-state index contributed by atoms with van der Waals surface area (Å²) in [7, 11) is 0. The second-order valence-electron chi connectivity index (χ2n) is 5.82. The van der Waals surface area contributed by atoms with Crippen LogP contribution in [0.3, 0.4) is 0 Å². The van der Waals surface area contributed by atoms with Crippen LogP contribution >= 0.6 is 0 Å². The second-order valence-corrected chi connectivity index (χ2v) is 5.82. The average molecular weight is 258 g/mol. The van der Waals surface area contributed by atoms with Crippen molar-refractivity contribution in [3.05, 3.63) is 35.9 Å². The van der Waals surface area contributed by atoms with E-state index in [-0.39, 0.29) is 17.8 Å². The van der Waals surface area contributed by atoms with Gasteiger partial charge < -0.3 is 5.11 Å². The maximum atomic E-state index is 10.8. The Bertz CT molecular complexity index is 458. The molecule has 0 aliphatic rings. The normalized spacial score (nSPS) is 12.4. The zero-order valence-corrected chi connectivity index (χ0v) is 11.9. The molecular formula is C17H22O2. The molecule has 2 nitrogen and oxygen atoms in total. The number of carboxylic acid groups (broad SMARTS) is 1. The van der Waals surface area contributed by atoms with Crippen molar-refractivity contribution >= 4 is 5.97 Å². The molecular weight excluding hydrogens is 236 g/mol. The molecule has 0 aliphatic carbocycles. The van der Waals surface area contributed by atoms with E-state index in [9.17, 15) is 4.79 Å². The molecule has 0 heterocycles. The van der Waals surface area contributed by atoms with Crippen molar-refractivity contribution in [3.63, 3.8) is 0 Å². The summed E-state index contributed by atoms with van der Waals surface area (Å²) in [6, 6.07) is 10.2. The van der Waals surface area contributed by atoms with Gasteiger partial charge in [-0.1, -0.05) is 57.0 Å². The van der Waals surface area contributed by atoms with E-state index in [4.69, 9.17) is 5.11 Å². The van der Waals surface area contributed by atoms with Crippen molar-refractivity contribution in [3.8, 4) is 11.8 Å².